The van der Waals surface area contributed by atoms with E-state index >= 15 is 0 Å². The molecule has 5 nitrogen and oxygen atoms in total. The molecule has 1 N–H and O–H groups in total. The highest BCUT2D eigenvalue weighted by Gasteiger charge is 2.45. The third kappa shape index (κ3) is 4.47. The summed E-state index contributed by atoms with van der Waals surface area (Å²) in [6.07, 6.45) is 0. The molecular formula is C23H24BrFN2O3. The summed E-state index contributed by atoms with van der Waals surface area (Å²) in [4.78, 5) is 29.5. The molecule has 7 heteroatoms. The second-order valence-electron chi connectivity index (χ2n) is 7.08. The molecule has 0 radical (unpaired) electrons. The van der Waals surface area contributed by atoms with Crippen LogP contribution < -0.4 is 0 Å². The third-order valence-electron chi connectivity index (χ3n) is 5.39. The number of likely N-dealkylation sites (tertiary alicyclic amines) is 1. The first kappa shape index (κ1) is 22.2. The number of likely N-dealkylation sites (N-methyl/N-ethyl adjacent to an activating group) is 1. The fourth-order valence-electron chi connectivity index (χ4n) is 3.65. The van der Waals surface area contributed by atoms with E-state index in [1.54, 1.807) is 0 Å². The molecule has 2 aromatic carbocycles. The molecular weight excluding hydrogens is 451 g/mol. The van der Waals surface area contributed by atoms with Crippen LogP contribution in [0.4, 0.5) is 4.39 Å². The van der Waals surface area contributed by atoms with E-state index in [2.05, 4.69) is 20.8 Å². The molecule has 2 aromatic rings. The van der Waals surface area contributed by atoms with Gasteiger partial charge in [0.1, 0.15) is 11.6 Å². The van der Waals surface area contributed by atoms with Crippen molar-refractivity contribution < 1.29 is 19.1 Å². The predicted octanol–water partition coefficient (Wildman–Crippen LogP) is 4.35. The lowest BCUT2D eigenvalue weighted by atomic mass is 9.95. The minimum absolute atomic E-state index is 0.0217. The van der Waals surface area contributed by atoms with Crippen molar-refractivity contribution in [2.45, 2.75) is 19.9 Å². The second kappa shape index (κ2) is 9.53. The first-order valence-electron chi connectivity index (χ1n) is 9.89. The van der Waals surface area contributed by atoms with Crippen molar-refractivity contribution in [3.63, 3.8) is 0 Å². The molecule has 1 aliphatic rings. The zero-order valence-corrected chi connectivity index (χ0v) is 18.5. The summed E-state index contributed by atoms with van der Waals surface area (Å²) in [6, 6.07) is 11.8. The van der Waals surface area contributed by atoms with Gasteiger partial charge < -0.3 is 14.9 Å². The average molecular weight is 475 g/mol. The minimum atomic E-state index is -0.732. The fraction of sp³-hybridized carbons (Fsp3) is 0.304. The first-order chi connectivity index (χ1) is 14.4. The van der Waals surface area contributed by atoms with Crippen molar-refractivity contribution in [2.75, 3.05) is 26.2 Å². The van der Waals surface area contributed by atoms with Crippen LogP contribution in [0.15, 0.2) is 58.6 Å². The van der Waals surface area contributed by atoms with Crippen LogP contribution in [-0.4, -0.2) is 52.8 Å². The Kier molecular flexibility index (Phi) is 7.05. The predicted molar refractivity (Wildman–Crippen MR) is 117 cm³/mol. The van der Waals surface area contributed by atoms with Gasteiger partial charge in [-0.3, -0.25) is 9.59 Å². The monoisotopic (exact) mass is 474 g/mol. The molecule has 1 atom stereocenters. The maximum atomic E-state index is 13.3. The number of amides is 1. The SMILES string of the molecule is CCN(CC)CCN1C(=O)C(=O)/C(=C(/O)c2ccc(F)cc2)[C@H]1c1ccc(Br)cc1. The molecule has 3 rings (SSSR count). The summed E-state index contributed by atoms with van der Waals surface area (Å²) in [5.74, 6) is -2.12. The van der Waals surface area contributed by atoms with E-state index in [1.807, 2.05) is 38.1 Å². The van der Waals surface area contributed by atoms with Gasteiger partial charge in [-0.05, 0) is 55.1 Å². The number of rotatable bonds is 7. The Morgan fingerprint density at radius 3 is 2.23 bits per heavy atom. The van der Waals surface area contributed by atoms with Crippen LogP contribution in [0.5, 0.6) is 0 Å². The molecule has 0 spiro atoms. The van der Waals surface area contributed by atoms with E-state index in [4.69, 9.17) is 0 Å². The molecule has 1 aliphatic heterocycles. The zero-order valence-electron chi connectivity index (χ0n) is 16.9. The Morgan fingerprint density at radius 1 is 1.07 bits per heavy atom. The number of benzene rings is 2. The Balaban J connectivity index is 2.08. The van der Waals surface area contributed by atoms with Gasteiger partial charge in [0, 0.05) is 23.1 Å². The van der Waals surface area contributed by atoms with Crippen molar-refractivity contribution in [2.24, 2.45) is 0 Å². The van der Waals surface area contributed by atoms with Gasteiger partial charge in [-0.1, -0.05) is 41.9 Å². The molecule has 1 heterocycles. The average Bonchev–Trinajstić information content (AvgIpc) is 3.00. The van der Waals surface area contributed by atoms with Crippen LogP contribution in [0.3, 0.4) is 0 Å². The highest BCUT2D eigenvalue weighted by molar-refractivity contribution is 9.10. The molecule has 158 valence electrons. The molecule has 1 amide bonds. The van der Waals surface area contributed by atoms with E-state index in [-0.39, 0.29) is 11.3 Å². The molecule has 0 bridgehead atoms. The van der Waals surface area contributed by atoms with Gasteiger partial charge in [-0.15, -0.1) is 0 Å². The topological polar surface area (TPSA) is 60.9 Å². The Bertz CT molecular complexity index is 953. The lowest BCUT2D eigenvalue weighted by Gasteiger charge is -2.28. The van der Waals surface area contributed by atoms with Gasteiger partial charge in [0.05, 0.1) is 11.6 Å². The van der Waals surface area contributed by atoms with Crippen molar-refractivity contribution in [1.82, 2.24) is 9.80 Å². The number of ketones is 1. The lowest BCUT2D eigenvalue weighted by molar-refractivity contribution is -0.140. The Morgan fingerprint density at radius 2 is 1.67 bits per heavy atom. The van der Waals surface area contributed by atoms with Crippen LogP contribution in [0.25, 0.3) is 5.76 Å². The largest absolute Gasteiger partial charge is 0.507 e. The molecule has 30 heavy (non-hydrogen) atoms. The Labute approximate surface area is 183 Å². The normalized spacial score (nSPS) is 18.4. The number of nitrogens with zero attached hydrogens (tertiary/aromatic N) is 2. The van der Waals surface area contributed by atoms with E-state index < -0.39 is 23.5 Å². The number of hydrogen-bond acceptors (Lipinski definition) is 4. The summed E-state index contributed by atoms with van der Waals surface area (Å²) in [6.45, 7) is 6.71. The number of aliphatic hydroxyl groups excluding tert-OH is 1. The maximum Gasteiger partial charge on any atom is 0.295 e. The van der Waals surface area contributed by atoms with E-state index in [9.17, 15) is 19.1 Å². The summed E-state index contributed by atoms with van der Waals surface area (Å²) in [5, 5.41) is 10.9. The van der Waals surface area contributed by atoms with Crippen molar-refractivity contribution in [3.05, 3.63) is 75.5 Å². The highest BCUT2D eigenvalue weighted by Crippen LogP contribution is 2.39. The van der Waals surface area contributed by atoms with Crippen molar-refractivity contribution >= 4 is 33.4 Å². The van der Waals surface area contributed by atoms with Gasteiger partial charge >= 0.3 is 0 Å². The highest BCUT2D eigenvalue weighted by atomic mass is 79.9. The number of Topliss-reactive ketones (excluding diaryl/α,β-unsaturated/α-hetero) is 1. The van der Waals surface area contributed by atoms with Gasteiger partial charge in [0.15, 0.2) is 0 Å². The number of hydrogen-bond donors (Lipinski definition) is 1. The zero-order chi connectivity index (χ0) is 21.8. The molecule has 0 aromatic heterocycles. The number of carbonyl (C=O) groups is 2. The standard InChI is InChI=1S/C23H24BrFN2O3/c1-3-26(4-2)13-14-27-20(15-5-9-17(24)10-6-15)19(22(29)23(27)30)21(28)16-7-11-18(25)12-8-16/h5-12,20,28H,3-4,13-14H2,1-2H3/b21-19+/t20-/m1/s1. The van der Waals surface area contributed by atoms with E-state index in [0.717, 1.165) is 23.1 Å². The first-order valence-corrected chi connectivity index (χ1v) is 10.7. The van der Waals surface area contributed by atoms with Crippen LogP contribution in [0.2, 0.25) is 0 Å². The van der Waals surface area contributed by atoms with E-state index in [1.165, 1.54) is 29.2 Å². The molecule has 0 aliphatic carbocycles. The van der Waals surface area contributed by atoms with Crippen LogP contribution in [0, 0.1) is 5.82 Å². The number of carbonyl (C=O) groups excluding carboxylic acids is 2. The van der Waals surface area contributed by atoms with Crippen molar-refractivity contribution in [1.29, 1.82) is 0 Å². The van der Waals surface area contributed by atoms with Gasteiger partial charge in [0.2, 0.25) is 0 Å². The molecule has 1 saturated heterocycles. The van der Waals surface area contributed by atoms with Gasteiger partial charge in [-0.25, -0.2) is 4.39 Å². The molecule has 1 fully saturated rings. The van der Waals surface area contributed by atoms with E-state index in [0.29, 0.717) is 18.7 Å². The van der Waals surface area contributed by atoms with Gasteiger partial charge in [0.25, 0.3) is 11.7 Å². The van der Waals surface area contributed by atoms with Crippen LogP contribution in [0.1, 0.15) is 31.0 Å². The smallest absolute Gasteiger partial charge is 0.295 e. The minimum Gasteiger partial charge on any atom is -0.507 e. The quantitative estimate of drug-likeness (QED) is 0.368. The van der Waals surface area contributed by atoms with Crippen LogP contribution in [-0.2, 0) is 9.59 Å². The van der Waals surface area contributed by atoms with Crippen molar-refractivity contribution in [3.8, 4) is 0 Å². The number of halogens is 2. The number of aliphatic hydroxyl groups is 1. The third-order valence-corrected chi connectivity index (χ3v) is 5.92. The fourth-order valence-corrected chi connectivity index (χ4v) is 3.92. The molecule has 0 unspecified atom stereocenters. The van der Waals surface area contributed by atoms with Gasteiger partial charge in [-0.2, -0.15) is 0 Å². The molecule has 0 saturated carbocycles. The van der Waals surface area contributed by atoms with Crippen LogP contribution >= 0.6 is 15.9 Å². The summed E-state index contributed by atoms with van der Waals surface area (Å²) < 4.78 is 14.2. The lowest BCUT2D eigenvalue weighted by Crippen LogP contribution is -2.38. The summed E-state index contributed by atoms with van der Waals surface area (Å²) >= 11 is 3.40. The maximum absolute atomic E-state index is 13.3. The summed E-state index contributed by atoms with van der Waals surface area (Å²) in [7, 11) is 0. The second-order valence-corrected chi connectivity index (χ2v) is 7.99. The Hall–Kier alpha value is -2.51. The summed E-state index contributed by atoms with van der Waals surface area (Å²) in [5.41, 5.74) is 1.04.